The van der Waals surface area contributed by atoms with Crippen LogP contribution in [0.1, 0.15) is 37.2 Å². The number of hydrogen-bond donors (Lipinski definition) is 2. The zero-order chi connectivity index (χ0) is 16.4. The first-order chi connectivity index (χ1) is 11.0. The maximum atomic E-state index is 14.0. The van der Waals surface area contributed by atoms with Gasteiger partial charge in [-0.2, -0.15) is 0 Å². The Hall–Kier alpha value is -2.02. The van der Waals surface area contributed by atoms with Gasteiger partial charge in [0.25, 0.3) is 0 Å². The van der Waals surface area contributed by atoms with Gasteiger partial charge in [-0.1, -0.05) is 6.07 Å². The summed E-state index contributed by atoms with van der Waals surface area (Å²) in [6, 6.07) is 3.66. The fourth-order valence-corrected chi connectivity index (χ4v) is 3.10. The van der Waals surface area contributed by atoms with Crippen molar-refractivity contribution in [2.75, 3.05) is 24.6 Å². The molecule has 6 nitrogen and oxygen atoms in total. The standard InChI is InChI=1S/C16H20FN3O3/c17-16(10-21)5-7-20(8-6-16)13-3-1-11(9-18-13)12-2-4-14(22)19-15(12)23/h1,3,9,12,21H,2,4-8,10H2,(H,19,22,23). The fourth-order valence-electron chi connectivity index (χ4n) is 3.10. The van der Waals surface area contributed by atoms with Crippen LogP contribution in [0.4, 0.5) is 10.2 Å². The van der Waals surface area contributed by atoms with Gasteiger partial charge in [-0.05, 0) is 18.1 Å². The third kappa shape index (κ3) is 3.34. The number of piperidine rings is 2. The molecule has 7 heteroatoms. The van der Waals surface area contributed by atoms with Crippen LogP contribution in [0.5, 0.6) is 0 Å². The van der Waals surface area contributed by atoms with Gasteiger partial charge in [-0.15, -0.1) is 0 Å². The van der Waals surface area contributed by atoms with Gasteiger partial charge in [0.2, 0.25) is 11.8 Å². The molecule has 0 aromatic carbocycles. The van der Waals surface area contributed by atoms with E-state index < -0.39 is 12.3 Å². The van der Waals surface area contributed by atoms with E-state index in [-0.39, 0.29) is 30.6 Å². The first-order valence-electron chi connectivity index (χ1n) is 7.85. The van der Waals surface area contributed by atoms with Crippen LogP contribution in [0, 0.1) is 0 Å². The molecule has 0 aliphatic carbocycles. The Kier molecular flexibility index (Phi) is 4.30. The molecule has 1 aromatic heterocycles. The zero-order valence-corrected chi connectivity index (χ0v) is 12.8. The second kappa shape index (κ2) is 6.23. The molecular formula is C16H20FN3O3. The zero-order valence-electron chi connectivity index (χ0n) is 12.8. The number of hydrogen-bond acceptors (Lipinski definition) is 5. The second-order valence-electron chi connectivity index (χ2n) is 6.25. The number of nitrogens with zero attached hydrogens (tertiary/aromatic N) is 2. The van der Waals surface area contributed by atoms with Crippen molar-refractivity contribution in [1.29, 1.82) is 0 Å². The number of rotatable bonds is 3. The van der Waals surface area contributed by atoms with Gasteiger partial charge >= 0.3 is 0 Å². The highest BCUT2D eigenvalue weighted by atomic mass is 19.1. The van der Waals surface area contributed by atoms with Crippen LogP contribution in [0.2, 0.25) is 0 Å². The largest absolute Gasteiger partial charge is 0.393 e. The van der Waals surface area contributed by atoms with E-state index in [4.69, 9.17) is 5.11 Å². The predicted octanol–water partition coefficient (Wildman–Crippen LogP) is 0.903. The van der Waals surface area contributed by atoms with E-state index >= 15 is 0 Å². The molecule has 2 fully saturated rings. The molecule has 3 rings (SSSR count). The summed E-state index contributed by atoms with van der Waals surface area (Å²) < 4.78 is 14.0. The molecule has 2 saturated heterocycles. The van der Waals surface area contributed by atoms with Crippen molar-refractivity contribution >= 4 is 17.6 Å². The van der Waals surface area contributed by atoms with Gasteiger partial charge in [0.05, 0.1) is 12.5 Å². The molecule has 0 radical (unpaired) electrons. The molecule has 1 unspecified atom stereocenters. The SMILES string of the molecule is O=C1CCC(c2ccc(N3CCC(F)(CO)CC3)nc2)C(=O)N1. The van der Waals surface area contributed by atoms with Crippen molar-refractivity contribution < 1.29 is 19.1 Å². The minimum Gasteiger partial charge on any atom is -0.393 e. The van der Waals surface area contributed by atoms with E-state index in [1.807, 2.05) is 17.0 Å². The molecule has 3 heterocycles. The number of halogens is 1. The number of amides is 2. The maximum Gasteiger partial charge on any atom is 0.234 e. The third-order valence-corrected chi connectivity index (χ3v) is 4.68. The van der Waals surface area contributed by atoms with Gasteiger partial charge < -0.3 is 10.0 Å². The fraction of sp³-hybridized carbons (Fsp3) is 0.562. The average molecular weight is 321 g/mol. The van der Waals surface area contributed by atoms with Crippen LogP contribution in [0.25, 0.3) is 0 Å². The lowest BCUT2D eigenvalue weighted by Gasteiger charge is -2.36. The van der Waals surface area contributed by atoms with Gasteiger partial charge in [-0.25, -0.2) is 9.37 Å². The average Bonchev–Trinajstić information content (AvgIpc) is 2.56. The predicted molar refractivity (Wildman–Crippen MR) is 81.7 cm³/mol. The maximum absolute atomic E-state index is 14.0. The monoisotopic (exact) mass is 321 g/mol. The second-order valence-corrected chi connectivity index (χ2v) is 6.25. The van der Waals surface area contributed by atoms with Gasteiger partial charge in [-0.3, -0.25) is 14.9 Å². The van der Waals surface area contributed by atoms with Crippen molar-refractivity contribution in [3.05, 3.63) is 23.9 Å². The Morgan fingerprint density at radius 2 is 2.09 bits per heavy atom. The lowest BCUT2D eigenvalue weighted by Crippen LogP contribution is -2.44. The van der Waals surface area contributed by atoms with Crippen LogP contribution < -0.4 is 10.2 Å². The number of pyridine rings is 1. The Morgan fingerprint density at radius 1 is 1.35 bits per heavy atom. The Labute approximate surface area is 133 Å². The van der Waals surface area contributed by atoms with Crippen LogP contribution in [0.15, 0.2) is 18.3 Å². The van der Waals surface area contributed by atoms with Gasteiger partial charge in [0, 0.05) is 38.5 Å². The molecule has 2 aliphatic rings. The van der Waals surface area contributed by atoms with Crippen molar-refractivity contribution in [3.8, 4) is 0 Å². The number of anilines is 1. The number of alkyl halides is 1. The van der Waals surface area contributed by atoms with Crippen molar-refractivity contribution in [3.63, 3.8) is 0 Å². The summed E-state index contributed by atoms with van der Waals surface area (Å²) in [5.41, 5.74) is -0.700. The van der Waals surface area contributed by atoms with Crippen LogP contribution in [-0.4, -0.2) is 47.3 Å². The molecule has 1 atom stereocenters. The summed E-state index contributed by atoms with van der Waals surface area (Å²) in [7, 11) is 0. The molecule has 124 valence electrons. The van der Waals surface area contributed by atoms with Crippen molar-refractivity contribution in [1.82, 2.24) is 10.3 Å². The lowest BCUT2D eigenvalue weighted by molar-refractivity contribution is -0.134. The smallest absolute Gasteiger partial charge is 0.234 e. The molecular weight excluding hydrogens is 301 g/mol. The van der Waals surface area contributed by atoms with E-state index in [2.05, 4.69) is 10.3 Å². The molecule has 0 spiro atoms. The first-order valence-corrected chi connectivity index (χ1v) is 7.85. The number of aliphatic hydroxyl groups is 1. The van der Waals surface area contributed by atoms with Crippen LogP contribution in [-0.2, 0) is 9.59 Å². The summed E-state index contributed by atoms with van der Waals surface area (Å²) in [5.74, 6) is -0.119. The van der Waals surface area contributed by atoms with Crippen molar-refractivity contribution in [2.45, 2.75) is 37.3 Å². The molecule has 1 aromatic rings. The van der Waals surface area contributed by atoms with Gasteiger partial charge in [0.15, 0.2) is 0 Å². The van der Waals surface area contributed by atoms with E-state index in [1.165, 1.54) is 0 Å². The number of nitrogens with one attached hydrogen (secondary N) is 1. The molecule has 2 amide bonds. The minimum atomic E-state index is -1.48. The number of carbonyl (C=O) groups excluding carboxylic acids is 2. The molecule has 0 bridgehead atoms. The number of aromatic nitrogens is 1. The van der Waals surface area contributed by atoms with E-state index in [9.17, 15) is 14.0 Å². The normalized spacial score (nSPS) is 24.4. The van der Waals surface area contributed by atoms with E-state index in [1.54, 1.807) is 6.20 Å². The topological polar surface area (TPSA) is 82.5 Å². The number of carbonyl (C=O) groups is 2. The first kappa shape index (κ1) is 15.9. The summed E-state index contributed by atoms with van der Waals surface area (Å²) in [6.07, 6.45) is 3.04. The van der Waals surface area contributed by atoms with Crippen LogP contribution >= 0.6 is 0 Å². The highest BCUT2D eigenvalue weighted by molar-refractivity contribution is 6.00. The summed E-state index contributed by atoms with van der Waals surface area (Å²) in [5, 5.41) is 11.4. The lowest BCUT2D eigenvalue weighted by atomic mass is 9.91. The number of aliphatic hydroxyl groups excluding tert-OH is 1. The highest BCUT2D eigenvalue weighted by Gasteiger charge is 2.34. The summed E-state index contributed by atoms with van der Waals surface area (Å²) in [6.45, 7) is 0.562. The quantitative estimate of drug-likeness (QED) is 0.809. The van der Waals surface area contributed by atoms with Gasteiger partial charge in [0.1, 0.15) is 11.5 Å². The molecule has 2 aliphatic heterocycles. The van der Waals surface area contributed by atoms with E-state index in [0.29, 0.717) is 25.9 Å². The Balaban J connectivity index is 1.66. The Bertz CT molecular complexity index is 597. The summed E-state index contributed by atoms with van der Waals surface area (Å²) in [4.78, 5) is 29.4. The van der Waals surface area contributed by atoms with Crippen molar-refractivity contribution in [2.24, 2.45) is 0 Å². The summed E-state index contributed by atoms with van der Waals surface area (Å²) >= 11 is 0. The molecule has 2 N–H and O–H groups in total. The minimum absolute atomic E-state index is 0.234. The molecule has 0 saturated carbocycles. The molecule has 23 heavy (non-hydrogen) atoms. The van der Waals surface area contributed by atoms with E-state index in [0.717, 1.165) is 11.4 Å². The third-order valence-electron chi connectivity index (χ3n) is 4.68. The Morgan fingerprint density at radius 3 is 2.65 bits per heavy atom. The van der Waals surface area contributed by atoms with Crippen LogP contribution in [0.3, 0.4) is 0 Å². The highest BCUT2D eigenvalue weighted by Crippen LogP contribution is 2.29. The number of imide groups is 1.